The largest absolute Gasteiger partial charge is 0.375 e. The third kappa shape index (κ3) is 5.49. The minimum absolute atomic E-state index is 0. The Kier molecular flexibility index (Phi) is 7.48. The molecule has 2 aromatic rings. The molecule has 23 heavy (non-hydrogen) atoms. The van der Waals surface area contributed by atoms with E-state index in [1.807, 2.05) is 39.0 Å². The molecule has 1 aromatic heterocycles. The lowest BCUT2D eigenvalue weighted by molar-refractivity contribution is -0.117. The van der Waals surface area contributed by atoms with Crippen molar-refractivity contribution in [2.24, 2.45) is 0 Å². The average molecular weight is 355 g/mol. The van der Waals surface area contributed by atoms with Gasteiger partial charge in [-0.25, -0.2) is 4.98 Å². The second-order valence-corrected chi connectivity index (χ2v) is 6.43. The van der Waals surface area contributed by atoms with Crippen LogP contribution in [0.3, 0.4) is 0 Å². The molecule has 0 saturated carbocycles. The fraction of sp³-hybridized carbons (Fsp3) is 0.375. The van der Waals surface area contributed by atoms with Gasteiger partial charge in [0.05, 0.1) is 6.54 Å². The van der Waals surface area contributed by atoms with Crippen LogP contribution in [0.25, 0.3) is 0 Å². The number of anilines is 2. The standard InChI is InChI=1S/C16H22N4OS.ClH/c1-4-20(9-13-8-18-16(17)22-13)10-14(21)19-15-11(2)6-5-7-12(15)3;/h5-8H,4,9-10H2,1-3H3,(H2,17,18)(H,19,21);1H. The predicted molar refractivity (Wildman–Crippen MR) is 99.3 cm³/mol. The zero-order valence-corrected chi connectivity index (χ0v) is 15.3. The van der Waals surface area contributed by atoms with Crippen LogP contribution in [0.4, 0.5) is 10.8 Å². The van der Waals surface area contributed by atoms with Crippen molar-refractivity contribution in [1.82, 2.24) is 9.88 Å². The molecule has 7 heteroatoms. The molecule has 0 aliphatic carbocycles. The van der Waals surface area contributed by atoms with Gasteiger partial charge in [-0.15, -0.1) is 23.7 Å². The van der Waals surface area contributed by atoms with Gasteiger partial charge in [0.25, 0.3) is 0 Å². The van der Waals surface area contributed by atoms with Crippen molar-refractivity contribution >= 4 is 40.5 Å². The topological polar surface area (TPSA) is 71.2 Å². The summed E-state index contributed by atoms with van der Waals surface area (Å²) in [4.78, 5) is 19.5. The second-order valence-electron chi connectivity index (χ2n) is 5.28. The number of carbonyl (C=O) groups is 1. The Balaban J connectivity index is 0.00000264. The van der Waals surface area contributed by atoms with Gasteiger partial charge in [-0.3, -0.25) is 9.69 Å². The monoisotopic (exact) mass is 354 g/mol. The number of hydrogen-bond donors (Lipinski definition) is 2. The van der Waals surface area contributed by atoms with Gasteiger partial charge in [-0.1, -0.05) is 25.1 Å². The van der Waals surface area contributed by atoms with Gasteiger partial charge in [0.1, 0.15) is 0 Å². The molecule has 0 saturated heterocycles. The summed E-state index contributed by atoms with van der Waals surface area (Å²) in [5.74, 6) is -0.00302. The first-order valence-corrected chi connectivity index (χ1v) is 8.09. The fourth-order valence-electron chi connectivity index (χ4n) is 2.29. The number of benzene rings is 1. The maximum atomic E-state index is 12.3. The van der Waals surface area contributed by atoms with Crippen LogP contribution in [0.5, 0.6) is 0 Å². The molecular weight excluding hydrogens is 332 g/mol. The first-order valence-electron chi connectivity index (χ1n) is 7.28. The van der Waals surface area contributed by atoms with E-state index in [1.54, 1.807) is 6.20 Å². The van der Waals surface area contributed by atoms with Crippen molar-refractivity contribution in [3.8, 4) is 0 Å². The fourth-order valence-corrected chi connectivity index (χ4v) is 3.02. The molecule has 2 rings (SSSR count). The highest BCUT2D eigenvalue weighted by Crippen LogP contribution is 2.20. The molecule has 0 aliphatic heterocycles. The van der Waals surface area contributed by atoms with Crippen molar-refractivity contribution in [3.63, 3.8) is 0 Å². The Labute approximate surface area is 147 Å². The molecular formula is C16H23ClN4OS. The molecule has 0 aliphatic rings. The van der Waals surface area contributed by atoms with Crippen molar-refractivity contribution in [2.75, 3.05) is 24.1 Å². The van der Waals surface area contributed by atoms with E-state index in [-0.39, 0.29) is 18.3 Å². The Morgan fingerprint density at radius 1 is 1.35 bits per heavy atom. The van der Waals surface area contributed by atoms with Crippen LogP contribution < -0.4 is 11.1 Å². The molecule has 0 unspecified atom stereocenters. The molecule has 1 heterocycles. The zero-order chi connectivity index (χ0) is 16.1. The number of aromatic nitrogens is 1. The molecule has 1 aromatic carbocycles. The lowest BCUT2D eigenvalue weighted by Crippen LogP contribution is -2.32. The third-order valence-electron chi connectivity index (χ3n) is 3.51. The average Bonchev–Trinajstić information content (AvgIpc) is 2.87. The number of halogens is 1. The number of nitrogens with one attached hydrogen (secondary N) is 1. The number of nitrogen functional groups attached to an aromatic ring is 1. The van der Waals surface area contributed by atoms with Crippen LogP contribution in [0.2, 0.25) is 0 Å². The van der Waals surface area contributed by atoms with E-state index in [1.165, 1.54) is 11.3 Å². The Hall–Kier alpha value is -1.63. The SMILES string of the molecule is CCN(CC(=O)Nc1c(C)cccc1C)Cc1cnc(N)s1.Cl. The summed E-state index contributed by atoms with van der Waals surface area (Å²) in [6, 6.07) is 5.99. The van der Waals surface area contributed by atoms with E-state index < -0.39 is 0 Å². The van der Waals surface area contributed by atoms with Gasteiger partial charge in [-0.2, -0.15) is 0 Å². The molecule has 0 fully saturated rings. The van der Waals surface area contributed by atoms with Gasteiger partial charge in [0.2, 0.25) is 5.91 Å². The predicted octanol–water partition coefficient (Wildman–Crippen LogP) is 3.22. The normalized spacial score (nSPS) is 10.4. The Bertz CT molecular complexity index is 639. The summed E-state index contributed by atoms with van der Waals surface area (Å²) in [5.41, 5.74) is 8.70. The number of aryl methyl sites for hydroxylation is 2. The number of nitrogens with zero attached hydrogens (tertiary/aromatic N) is 2. The van der Waals surface area contributed by atoms with Gasteiger partial charge in [-0.05, 0) is 31.5 Å². The zero-order valence-electron chi connectivity index (χ0n) is 13.6. The lowest BCUT2D eigenvalue weighted by atomic mass is 10.1. The van der Waals surface area contributed by atoms with Crippen molar-refractivity contribution in [1.29, 1.82) is 0 Å². The van der Waals surface area contributed by atoms with Crippen molar-refractivity contribution in [3.05, 3.63) is 40.4 Å². The van der Waals surface area contributed by atoms with Crippen LogP contribution in [-0.4, -0.2) is 28.9 Å². The quantitative estimate of drug-likeness (QED) is 0.835. The number of rotatable bonds is 6. The number of para-hydroxylation sites is 1. The van der Waals surface area contributed by atoms with Crippen LogP contribution in [0, 0.1) is 13.8 Å². The number of amides is 1. The summed E-state index contributed by atoms with van der Waals surface area (Å²) in [5, 5.41) is 3.58. The summed E-state index contributed by atoms with van der Waals surface area (Å²) in [6.07, 6.45) is 1.77. The van der Waals surface area contributed by atoms with Gasteiger partial charge in [0, 0.05) is 23.3 Å². The van der Waals surface area contributed by atoms with E-state index in [0.29, 0.717) is 18.2 Å². The molecule has 3 N–H and O–H groups in total. The number of thiazole rings is 1. The Morgan fingerprint density at radius 2 is 2.00 bits per heavy atom. The first kappa shape index (κ1) is 19.4. The number of carbonyl (C=O) groups excluding carboxylic acids is 1. The molecule has 0 bridgehead atoms. The summed E-state index contributed by atoms with van der Waals surface area (Å²) in [6.45, 7) is 7.86. The minimum atomic E-state index is -0.00302. The smallest absolute Gasteiger partial charge is 0.238 e. The lowest BCUT2D eigenvalue weighted by Gasteiger charge is -2.19. The van der Waals surface area contributed by atoms with Gasteiger partial charge >= 0.3 is 0 Å². The first-order chi connectivity index (χ1) is 10.5. The maximum Gasteiger partial charge on any atom is 0.238 e. The van der Waals surface area contributed by atoms with E-state index in [0.717, 1.165) is 28.2 Å². The third-order valence-corrected chi connectivity index (χ3v) is 4.32. The van der Waals surface area contributed by atoms with Crippen LogP contribution in [0.15, 0.2) is 24.4 Å². The molecule has 1 amide bonds. The van der Waals surface area contributed by atoms with E-state index in [2.05, 4.69) is 15.2 Å². The highest BCUT2D eigenvalue weighted by Gasteiger charge is 2.13. The second kappa shape index (κ2) is 8.86. The molecule has 0 spiro atoms. The number of hydrogen-bond acceptors (Lipinski definition) is 5. The molecule has 126 valence electrons. The minimum Gasteiger partial charge on any atom is -0.375 e. The van der Waals surface area contributed by atoms with Gasteiger partial charge < -0.3 is 11.1 Å². The van der Waals surface area contributed by atoms with E-state index in [4.69, 9.17) is 5.73 Å². The Morgan fingerprint density at radius 3 is 2.52 bits per heavy atom. The van der Waals surface area contributed by atoms with Crippen molar-refractivity contribution in [2.45, 2.75) is 27.3 Å². The number of likely N-dealkylation sites (N-methyl/N-ethyl adjacent to an activating group) is 1. The van der Waals surface area contributed by atoms with E-state index >= 15 is 0 Å². The number of nitrogens with two attached hydrogens (primary N) is 1. The van der Waals surface area contributed by atoms with E-state index in [9.17, 15) is 4.79 Å². The summed E-state index contributed by atoms with van der Waals surface area (Å²) in [7, 11) is 0. The van der Waals surface area contributed by atoms with Crippen LogP contribution in [0.1, 0.15) is 22.9 Å². The summed E-state index contributed by atoms with van der Waals surface area (Å²) < 4.78 is 0. The van der Waals surface area contributed by atoms with Crippen LogP contribution in [-0.2, 0) is 11.3 Å². The highest BCUT2D eigenvalue weighted by atomic mass is 35.5. The molecule has 0 radical (unpaired) electrons. The summed E-state index contributed by atoms with van der Waals surface area (Å²) >= 11 is 1.46. The van der Waals surface area contributed by atoms with Crippen LogP contribution >= 0.6 is 23.7 Å². The van der Waals surface area contributed by atoms with Crippen molar-refractivity contribution < 1.29 is 4.79 Å². The highest BCUT2D eigenvalue weighted by molar-refractivity contribution is 7.15. The molecule has 5 nitrogen and oxygen atoms in total. The maximum absolute atomic E-state index is 12.3. The molecule has 0 atom stereocenters. The van der Waals surface area contributed by atoms with Gasteiger partial charge in [0.15, 0.2) is 5.13 Å².